The van der Waals surface area contributed by atoms with E-state index in [1.807, 2.05) is 0 Å². The van der Waals surface area contributed by atoms with Crippen molar-refractivity contribution in [3.05, 3.63) is 46.5 Å². The van der Waals surface area contributed by atoms with Gasteiger partial charge in [0.2, 0.25) is 15.9 Å². The molecule has 2 saturated heterocycles. The molecule has 2 atom stereocenters. The fourth-order valence-electron chi connectivity index (χ4n) is 5.58. The molecule has 19 heteroatoms. The van der Waals surface area contributed by atoms with E-state index >= 15 is 0 Å². The summed E-state index contributed by atoms with van der Waals surface area (Å²) in [4.78, 5) is 22.1. The van der Waals surface area contributed by atoms with Crippen molar-refractivity contribution in [2.45, 2.75) is 49.8 Å². The molecule has 0 radical (unpaired) electrons. The van der Waals surface area contributed by atoms with E-state index in [1.165, 1.54) is 6.08 Å². The summed E-state index contributed by atoms with van der Waals surface area (Å²) in [5.41, 5.74) is -2.54. The van der Waals surface area contributed by atoms with Gasteiger partial charge in [-0.15, -0.1) is 0 Å². The number of halogens is 6. The van der Waals surface area contributed by atoms with Crippen LogP contribution in [0.3, 0.4) is 0 Å². The van der Waals surface area contributed by atoms with Crippen LogP contribution in [0.4, 0.5) is 26.3 Å². The first-order chi connectivity index (χ1) is 20.2. The molecule has 3 heterocycles. The zero-order valence-corrected chi connectivity index (χ0v) is 25.2. The SMILES string of the molecule is CC(C)C1C(=O)NCCN1C[C@@]1(c2ncc(C(O)(C(F)(F)F)C(F)(F)F)cn2)CN(S(=O)(=O)C2=CC(N)=CCC2=S)CCN1. The lowest BCUT2D eigenvalue weighted by atomic mass is 9.90. The molecular formula is C25H31F6N7O4S2. The first-order valence-corrected chi connectivity index (χ1v) is 15.3. The second kappa shape index (κ2) is 11.9. The van der Waals surface area contributed by atoms with E-state index in [4.69, 9.17) is 18.0 Å². The maximum Gasteiger partial charge on any atom is 0.430 e. The fraction of sp³-hybridized carbons (Fsp3) is 0.600. The molecule has 1 aliphatic carbocycles. The molecule has 1 amide bonds. The van der Waals surface area contributed by atoms with Gasteiger partial charge in [0.25, 0.3) is 5.60 Å². The van der Waals surface area contributed by atoms with Gasteiger partial charge in [0.05, 0.1) is 10.9 Å². The minimum Gasteiger partial charge on any atom is -0.399 e. The summed E-state index contributed by atoms with van der Waals surface area (Å²) < 4.78 is 110. The number of hydrogen-bond acceptors (Lipinski definition) is 10. The molecule has 2 fully saturated rings. The molecule has 0 saturated carbocycles. The Labute approximate surface area is 254 Å². The van der Waals surface area contributed by atoms with Crippen molar-refractivity contribution in [2.24, 2.45) is 11.7 Å². The lowest BCUT2D eigenvalue weighted by Gasteiger charge is -2.47. The number of carbonyl (C=O) groups excluding carboxylic acids is 1. The number of aromatic nitrogens is 2. The highest BCUT2D eigenvalue weighted by Crippen LogP contribution is 2.49. The first kappa shape index (κ1) is 34.2. The third-order valence-corrected chi connectivity index (χ3v) is 10.2. The number of carbonyl (C=O) groups is 1. The summed E-state index contributed by atoms with van der Waals surface area (Å²) in [6.07, 6.45) is -9.01. The van der Waals surface area contributed by atoms with Gasteiger partial charge in [-0.2, -0.15) is 30.6 Å². The van der Waals surface area contributed by atoms with Crippen molar-refractivity contribution < 1.29 is 44.7 Å². The zero-order chi connectivity index (χ0) is 32.9. The molecule has 0 bridgehead atoms. The molecular weight excluding hydrogens is 640 g/mol. The fourth-order valence-corrected chi connectivity index (χ4v) is 7.69. The lowest BCUT2D eigenvalue weighted by Crippen LogP contribution is -2.68. The van der Waals surface area contributed by atoms with E-state index in [0.29, 0.717) is 6.54 Å². The van der Waals surface area contributed by atoms with Crippen molar-refractivity contribution in [2.75, 3.05) is 39.3 Å². The number of sulfonamides is 1. The Balaban J connectivity index is 1.81. The highest BCUT2D eigenvalue weighted by Gasteiger charge is 2.72. The Morgan fingerprint density at radius 3 is 2.32 bits per heavy atom. The van der Waals surface area contributed by atoms with Crippen LogP contribution in [0.2, 0.25) is 0 Å². The van der Waals surface area contributed by atoms with Crippen molar-refractivity contribution in [3.8, 4) is 0 Å². The van der Waals surface area contributed by atoms with E-state index in [0.717, 1.165) is 4.31 Å². The number of hydrogen-bond donors (Lipinski definition) is 4. The molecule has 4 rings (SSSR count). The molecule has 1 unspecified atom stereocenters. The highest BCUT2D eigenvalue weighted by molar-refractivity contribution is 7.96. The predicted octanol–water partition coefficient (Wildman–Crippen LogP) is 1.18. The number of piperazine rings is 2. The Hall–Kier alpha value is -2.71. The van der Waals surface area contributed by atoms with Crippen LogP contribution in [-0.2, 0) is 26.0 Å². The minimum absolute atomic E-state index is 0.0306. The number of nitrogens with zero attached hydrogens (tertiary/aromatic N) is 4. The van der Waals surface area contributed by atoms with Gasteiger partial charge in [0, 0.05) is 74.2 Å². The Morgan fingerprint density at radius 2 is 1.75 bits per heavy atom. The second-order valence-corrected chi connectivity index (χ2v) is 13.5. The van der Waals surface area contributed by atoms with Gasteiger partial charge in [0.1, 0.15) is 5.54 Å². The molecule has 3 aliphatic rings. The lowest BCUT2D eigenvalue weighted by molar-refractivity contribution is -0.376. The topological polar surface area (TPSA) is 154 Å². The largest absolute Gasteiger partial charge is 0.430 e. The molecule has 1 aromatic heterocycles. The van der Waals surface area contributed by atoms with Crippen molar-refractivity contribution in [1.29, 1.82) is 0 Å². The van der Waals surface area contributed by atoms with E-state index in [2.05, 4.69) is 20.6 Å². The minimum atomic E-state index is -6.16. The van der Waals surface area contributed by atoms with E-state index in [1.54, 1.807) is 24.8 Å². The standard InChI is InChI=1S/C25H31F6N7O4S2/c1-14(2)19-20(39)33-5-7-37(19)12-22(21-34-10-15(11-35-21)23(40,24(26,27)28)25(29,30)31)13-38(8-6-36-22)44(41,42)18-9-16(32)3-4-17(18)43/h3,9-11,14,19,36,40H,4-8,12-13,32H2,1-2H3,(H,33,39)/t19?,22-/m0/s1. The van der Waals surface area contributed by atoms with Gasteiger partial charge in [-0.3, -0.25) is 9.69 Å². The second-order valence-electron chi connectivity index (χ2n) is 11.1. The number of nitrogens with two attached hydrogens (primary N) is 1. The molecule has 2 aliphatic heterocycles. The van der Waals surface area contributed by atoms with E-state index < -0.39 is 51.7 Å². The Kier molecular flexibility index (Phi) is 9.24. The van der Waals surface area contributed by atoms with Crippen LogP contribution in [-0.4, -0.2) is 101 Å². The van der Waals surface area contributed by atoms with Gasteiger partial charge < -0.3 is 21.5 Å². The summed E-state index contributed by atoms with van der Waals surface area (Å²) >= 11 is 5.27. The third kappa shape index (κ3) is 6.09. The molecule has 11 nitrogen and oxygen atoms in total. The molecule has 0 spiro atoms. The smallest absolute Gasteiger partial charge is 0.399 e. The first-order valence-electron chi connectivity index (χ1n) is 13.4. The van der Waals surface area contributed by atoms with Gasteiger partial charge in [0.15, 0.2) is 5.82 Å². The molecule has 44 heavy (non-hydrogen) atoms. The predicted molar refractivity (Wildman–Crippen MR) is 149 cm³/mol. The maximum absolute atomic E-state index is 13.8. The zero-order valence-electron chi connectivity index (χ0n) is 23.5. The number of alkyl halides is 6. The van der Waals surface area contributed by atoms with Crippen LogP contribution in [0.1, 0.15) is 31.7 Å². The monoisotopic (exact) mass is 671 g/mol. The van der Waals surface area contributed by atoms with Gasteiger partial charge >= 0.3 is 12.4 Å². The Bertz CT molecular complexity index is 1450. The van der Waals surface area contributed by atoms with Crippen LogP contribution in [0.25, 0.3) is 0 Å². The highest BCUT2D eigenvalue weighted by atomic mass is 32.2. The number of aliphatic hydroxyl groups is 1. The average molecular weight is 672 g/mol. The summed E-state index contributed by atoms with van der Waals surface area (Å²) in [5, 5.41) is 15.7. The van der Waals surface area contributed by atoms with Crippen LogP contribution in [0.15, 0.2) is 35.1 Å². The maximum atomic E-state index is 13.8. The summed E-state index contributed by atoms with van der Waals surface area (Å²) in [6.45, 7) is 3.41. The van der Waals surface area contributed by atoms with Crippen molar-refractivity contribution in [1.82, 2.24) is 29.8 Å². The molecule has 0 aromatic carbocycles. The summed E-state index contributed by atoms with van der Waals surface area (Å²) in [6, 6.07) is -0.701. The number of thiocarbonyl (C=S) groups is 1. The van der Waals surface area contributed by atoms with Gasteiger partial charge in [-0.05, 0) is 12.0 Å². The van der Waals surface area contributed by atoms with Gasteiger partial charge in [-0.1, -0.05) is 32.1 Å². The van der Waals surface area contributed by atoms with Crippen LogP contribution >= 0.6 is 12.2 Å². The van der Waals surface area contributed by atoms with Crippen molar-refractivity contribution in [3.63, 3.8) is 0 Å². The third-order valence-electron chi connectivity index (χ3n) is 7.77. The molecule has 1 aromatic rings. The van der Waals surface area contributed by atoms with Crippen LogP contribution < -0.4 is 16.4 Å². The van der Waals surface area contributed by atoms with E-state index in [-0.39, 0.29) is 78.1 Å². The number of amides is 1. The quantitative estimate of drug-likeness (QED) is 0.246. The van der Waals surface area contributed by atoms with Crippen molar-refractivity contribution >= 4 is 33.0 Å². The Morgan fingerprint density at radius 1 is 1.14 bits per heavy atom. The number of rotatable bonds is 7. The molecule has 244 valence electrons. The van der Waals surface area contributed by atoms with Crippen LogP contribution in [0.5, 0.6) is 0 Å². The normalized spacial score (nSPS) is 25.1. The van der Waals surface area contributed by atoms with Crippen LogP contribution in [0, 0.1) is 5.92 Å². The van der Waals surface area contributed by atoms with Gasteiger partial charge in [-0.25, -0.2) is 18.4 Å². The summed E-state index contributed by atoms with van der Waals surface area (Å²) in [7, 11) is -4.30. The summed E-state index contributed by atoms with van der Waals surface area (Å²) in [5.74, 6) is -0.883. The van der Waals surface area contributed by atoms with E-state index in [9.17, 15) is 44.7 Å². The average Bonchev–Trinajstić information content (AvgIpc) is 2.92. The molecule has 5 N–H and O–H groups in total. The number of nitrogens with one attached hydrogen (secondary N) is 2. The number of allylic oxidation sites excluding steroid dienone is 3.